The number of halogens is 3. The number of benzene rings is 1. The highest BCUT2D eigenvalue weighted by molar-refractivity contribution is 6.03. The lowest BCUT2D eigenvalue weighted by atomic mass is 10.1. The Kier molecular flexibility index (Phi) is 3.58. The third-order valence-electron chi connectivity index (χ3n) is 4.12. The Morgan fingerprint density at radius 2 is 2.00 bits per heavy atom. The highest BCUT2D eigenvalue weighted by Crippen LogP contribution is 2.36. The molecule has 1 aliphatic carbocycles. The zero-order valence-electron chi connectivity index (χ0n) is 12.0. The summed E-state index contributed by atoms with van der Waals surface area (Å²) >= 11 is 0. The van der Waals surface area contributed by atoms with Gasteiger partial charge in [-0.2, -0.15) is 18.3 Å². The second-order valence-corrected chi connectivity index (χ2v) is 5.47. The average Bonchev–Trinajstić information content (AvgIpc) is 3.12. The molecule has 1 aromatic carbocycles. The van der Waals surface area contributed by atoms with Crippen LogP contribution < -0.4 is 0 Å². The van der Waals surface area contributed by atoms with E-state index >= 15 is 0 Å². The average molecular weight is 312 g/mol. The summed E-state index contributed by atoms with van der Waals surface area (Å²) in [7, 11) is 1.15. The first-order valence-corrected chi connectivity index (χ1v) is 7.08. The molecule has 1 fully saturated rings. The third kappa shape index (κ3) is 2.44. The SMILES string of the molecule is COC(=O)c1cc(C(F)(F)F)cc2c1cnn2C1CCCC1. The number of hydrogen-bond acceptors (Lipinski definition) is 3. The Morgan fingerprint density at radius 3 is 2.59 bits per heavy atom. The predicted molar refractivity (Wildman–Crippen MR) is 73.6 cm³/mol. The van der Waals surface area contributed by atoms with E-state index in [-0.39, 0.29) is 11.6 Å². The molecule has 1 heterocycles. The van der Waals surface area contributed by atoms with Gasteiger partial charge in [-0.15, -0.1) is 0 Å². The van der Waals surface area contributed by atoms with Crippen LogP contribution in [0.3, 0.4) is 0 Å². The molecule has 3 rings (SSSR count). The lowest BCUT2D eigenvalue weighted by Gasteiger charge is -2.14. The fraction of sp³-hybridized carbons (Fsp3) is 0.467. The van der Waals surface area contributed by atoms with Crippen molar-refractivity contribution in [2.45, 2.75) is 37.9 Å². The number of nitrogens with zero attached hydrogens (tertiary/aromatic N) is 2. The number of carbonyl (C=O) groups is 1. The van der Waals surface area contributed by atoms with Gasteiger partial charge in [-0.1, -0.05) is 12.8 Å². The van der Waals surface area contributed by atoms with E-state index in [2.05, 4.69) is 9.84 Å². The topological polar surface area (TPSA) is 44.1 Å². The molecular formula is C15H15F3N2O2. The van der Waals surface area contributed by atoms with Crippen molar-refractivity contribution in [2.75, 3.05) is 7.11 Å². The summed E-state index contributed by atoms with van der Waals surface area (Å²) in [6, 6.07) is 1.98. The van der Waals surface area contributed by atoms with Gasteiger partial charge in [0.2, 0.25) is 0 Å². The Bertz CT molecular complexity index is 715. The molecule has 0 spiro atoms. The summed E-state index contributed by atoms with van der Waals surface area (Å²) in [5.41, 5.74) is -0.626. The zero-order valence-corrected chi connectivity index (χ0v) is 12.0. The molecule has 7 heteroatoms. The lowest BCUT2D eigenvalue weighted by molar-refractivity contribution is -0.137. The van der Waals surface area contributed by atoms with E-state index < -0.39 is 17.7 Å². The minimum atomic E-state index is -4.53. The first-order valence-electron chi connectivity index (χ1n) is 7.08. The number of methoxy groups -OCH3 is 1. The normalized spacial score (nSPS) is 16.4. The van der Waals surface area contributed by atoms with Gasteiger partial charge in [-0.05, 0) is 25.0 Å². The summed E-state index contributed by atoms with van der Waals surface area (Å²) in [5, 5.41) is 4.61. The fourth-order valence-corrected chi connectivity index (χ4v) is 3.03. The van der Waals surface area contributed by atoms with Crippen molar-refractivity contribution < 1.29 is 22.7 Å². The molecular weight excluding hydrogens is 297 g/mol. The molecule has 0 aliphatic heterocycles. The zero-order chi connectivity index (χ0) is 15.9. The minimum Gasteiger partial charge on any atom is -0.465 e. The number of esters is 1. The van der Waals surface area contributed by atoms with Crippen molar-refractivity contribution in [3.63, 3.8) is 0 Å². The molecule has 1 saturated carbocycles. The Balaban J connectivity index is 2.23. The van der Waals surface area contributed by atoms with Gasteiger partial charge in [0.05, 0.1) is 36.0 Å². The predicted octanol–water partition coefficient (Wildman–Crippen LogP) is 3.96. The Hall–Kier alpha value is -2.05. The van der Waals surface area contributed by atoms with Crippen molar-refractivity contribution in [1.29, 1.82) is 0 Å². The monoisotopic (exact) mass is 312 g/mol. The van der Waals surface area contributed by atoms with Crippen molar-refractivity contribution >= 4 is 16.9 Å². The van der Waals surface area contributed by atoms with Gasteiger partial charge in [0.1, 0.15) is 0 Å². The van der Waals surface area contributed by atoms with Gasteiger partial charge < -0.3 is 4.74 Å². The molecule has 0 amide bonds. The van der Waals surface area contributed by atoms with Crippen molar-refractivity contribution in [2.24, 2.45) is 0 Å². The molecule has 118 valence electrons. The second kappa shape index (κ2) is 5.30. The van der Waals surface area contributed by atoms with Crippen molar-refractivity contribution in [3.8, 4) is 0 Å². The summed E-state index contributed by atoms with van der Waals surface area (Å²) in [6.07, 6.45) is 0.770. The maximum absolute atomic E-state index is 13.1. The van der Waals surface area contributed by atoms with E-state index in [0.29, 0.717) is 10.9 Å². The third-order valence-corrected chi connectivity index (χ3v) is 4.12. The molecule has 0 atom stereocenters. The van der Waals surface area contributed by atoms with E-state index in [0.717, 1.165) is 44.9 Å². The summed E-state index contributed by atoms with van der Waals surface area (Å²) in [6.45, 7) is 0. The van der Waals surface area contributed by atoms with Crippen LogP contribution in [0.25, 0.3) is 10.9 Å². The molecule has 2 aromatic rings. The highest BCUT2D eigenvalue weighted by atomic mass is 19.4. The molecule has 1 aromatic heterocycles. The molecule has 22 heavy (non-hydrogen) atoms. The van der Waals surface area contributed by atoms with Gasteiger partial charge in [-0.3, -0.25) is 4.68 Å². The van der Waals surface area contributed by atoms with Crippen LogP contribution in [0.4, 0.5) is 13.2 Å². The molecule has 0 N–H and O–H groups in total. The lowest BCUT2D eigenvalue weighted by Crippen LogP contribution is -2.11. The number of hydrogen-bond donors (Lipinski definition) is 0. The Morgan fingerprint density at radius 1 is 1.32 bits per heavy atom. The molecule has 0 bridgehead atoms. The first-order chi connectivity index (χ1) is 10.4. The van der Waals surface area contributed by atoms with Crippen LogP contribution in [0.5, 0.6) is 0 Å². The largest absolute Gasteiger partial charge is 0.465 e. The summed E-state index contributed by atoms with van der Waals surface area (Å²) < 4.78 is 45.5. The van der Waals surface area contributed by atoms with Crippen LogP contribution >= 0.6 is 0 Å². The fourth-order valence-electron chi connectivity index (χ4n) is 3.03. The van der Waals surface area contributed by atoms with Gasteiger partial charge in [-0.25, -0.2) is 4.79 Å². The number of ether oxygens (including phenoxy) is 1. The van der Waals surface area contributed by atoms with Crippen molar-refractivity contribution in [1.82, 2.24) is 9.78 Å². The van der Waals surface area contributed by atoms with Crippen molar-refractivity contribution in [3.05, 3.63) is 29.5 Å². The standard InChI is InChI=1S/C15H15F3N2O2/c1-22-14(21)11-6-9(15(16,17)18)7-13-12(11)8-19-20(13)10-4-2-3-5-10/h6-8,10H,2-5H2,1H3. The summed E-state index contributed by atoms with van der Waals surface area (Å²) in [4.78, 5) is 11.8. The van der Waals surface area contributed by atoms with Gasteiger partial charge in [0, 0.05) is 5.39 Å². The minimum absolute atomic E-state index is 0.0893. The first kappa shape index (κ1) is 14.9. The number of alkyl halides is 3. The molecule has 0 saturated heterocycles. The smallest absolute Gasteiger partial charge is 0.416 e. The Labute approximate surface area is 124 Å². The van der Waals surface area contributed by atoms with E-state index in [9.17, 15) is 18.0 Å². The van der Waals surface area contributed by atoms with Crippen LogP contribution in [0, 0.1) is 0 Å². The van der Waals surface area contributed by atoms with E-state index in [1.165, 1.54) is 6.20 Å². The maximum Gasteiger partial charge on any atom is 0.416 e. The molecule has 1 aliphatic rings. The van der Waals surface area contributed by atoms with Crippen LogP contribution in [-0.4, -0.2) is 22.9 Å². The van der Waals surface area contributed by atoms with E-state index in [1.54, 1.807) is 4.68 Å². The van der Waals surface area contributed by atoms with Gasteiger partial charge >= 0.3 is 12.1 Å². The van der Waals surface area contributed by atoms with E-state index in [1.807, 2.05) is 0 Å². The number of aromatic nitrogens is 2. The quantitative estimate of drug-likeness (QED) is 0.789. The number of carbonyl (C=O) groups excluding carboxylic acids is 1. The van der Waals surface area contributed by atoms with Crippen LogP contribution in [0.2, 0.25) is 0 Å². The van der Waals surface area contributed by atoms with Gasteiger partial charge in [0.15, 0.2) is 0 Å². The number of fused-ring (bicyclic) bond motifs is 1. The summed E-state index contributed by atoms with van der Waals surface area (Å²) in [5.74, 6) is -0.790. The second-order valence-electron chi connectivity index (χ2n) is 5.47. The van der Waals surface area contributed by atoms with Crippen LogP contribution in [0.15, 0.2) is 18.3 Å². The molecule has 4 nitrogen and oxygen atoms in total. The highest BCUT2D eigenvalue weighted by Gasteiger charge is 2.33. The number of rotatable bonds is 2. The van der Waals surface area contributed by atoms with Crippen LogP contribution in [0.1, 0.15) is 47.6 Å². The van der Waals surface area contributed by atoms with Gasteiger partial charge in [0.25, 0.3) is 0 Å². The maximum atomic E-state index is 13.1. The van der Waals surface area contributed by atoms with E-state index in [4.69, 9.17) is 0 Å². The molecule has 0 unspecified atom stereocenters. The van der Waals surface area contributed by atoms with Crippen LogP contribution in [-0.2, 0) is 10.9 Å². The molecule has 0 radical (unpaired) electrons.